The Morgan fingerprint density at radius 3 is 2.60 bits per heavy atom. The normalized spacial score (nSPS) is 16.9. The maximum absolute atomic E-state index is 6.01. The van der Waals surface area contributed by atoms with Gasteiger partial charge < -0.3 is 5.32 Å². The Hall–Kier alpha value is -0.280. The molecule has 0 aromatic heterocycles. The van der Waals surface area contributed by atoms with Crippen LogP contribution in [0.25, 0.3) is 0 Å². The second-order valence-corrected chi connectivity index (χ2v) is 6.03. The molecular weight excluding hydrogens is 291 g/mol. The molecule has 1 aliphatic heterocycles. The summed E-state index contributed by atoms with van der Waals surface area (Å²) in [5, 5.41) is 4.30. The van der Waals surface area contributed by atoms with Crippen molar-refractivity contribution in [2.24, 2.45) is 5.92 Å². The van der Waals surface area contributed by atoms with Gasteiger partial charge in [-0.2, -0.15) is 0 Å². The van der Waals surface area contributed by atoms with Gasteiger partial charge in [-0.3, -0.25) is 4.90 Å². The molecule has 1 fully saturated rings. The standard InChI is InChI=1S/C16H25ClN2.ClH/c1-3-18-11-14-6-8-19(9-7-14)12-15-4-5-16(17)10-13(15)2;/h4-5,10,14,18H,3,6-9,11-12H2,1-2H3;1H. The molecule has 1 N–H and O–H groups in total. The SMILES string of the molecule is CCNCC1CCN(Cc2ccc(Cl)cc2C)CC1.Cl. The van der Waals surface area contributed by atoms with E-state index in [-0.39, 0.29) is 12.4 Å². The van der Waals surface area contributed by atoms with E-state index >= 15 is 0 Å². The van der Waals surface area contributed by atoms with Crippen LogP contribution >= 0.6 is 24.0 Å². The van der Waals surface area contributed by atoms with Crippen LogP contribution in [-0.4, -0.2) is 31.1 Å². The van der Waals surface area contributed by atoms with Gasteiger partial charge in [0, 0.05) is 11.6 Å². The van der Waals surface area contributed by atoms with Crippen molar-refractivity contribution in [1.82, 2.24) is 10.2 Å². The number of aryl methyl sites for hydroxylation is 1. The fourth-order valence-electron chi connectivity index (χ4n) is 2.77. The lowest BCUT2D eigenvalue weighted by atomic mass is 9.96. The molecule has 0 spiro atoms. The minimum atomic E-state index is 0. The van der Waals surface area contributed by atoms with Gasteiger partial charge in [-0.15, -0.1) is 12.4 Å². The van der Waals surface area contributed by atoms with Gasteiger partial charge in [-0.05, 0) is 75.1 Å². The van der Waals surface area contributed by atoms with Crippen LogP contribution in [0.3, 0.4) is 0 Å². The lowest BCUT2D eigenvalue weighted by Crippen LogP contribution is -2.37. The average molecular weight is 317 g/mol. The molecule has 0 amide bonds. The Balaban J connectivity index is 0.00000200. The summed E-state index contributed by atoms with van der Waals surface area (Å²) in [7, 11) is 0. The molecule has 1 saturated heterocycles. The highest BCUT2D eigenvalue weighted by molar-refractivity contribution is 6.30. The molecular formula is C16H26Cl2N2. The highest BCUT2D eigenvalue weighted by Crippen LogP contribution is 2.21. The molecule has 0 atom stereocenters. The number of hydrogen-bond donors (Lipinski definition) is 1. The highest BCUT2D eigenvalue weighted by atomic mass is 35.5. The molecule has 20 heavy (non-hydrogen) atoms. The first-order valence-corrected chi connectivity index (χ1v) is 7.75. The van der Waals surface area contributed by atoms with Crippen LogP contribution in [0, 0.1) is 12.8 Å². The number of benzene rings is 1. The van der Waals surface area contributed by atoms with E-state index in [1.165, 1.54) is 43.6 Å². The van der Waals surface area contributed by atoms with Crippen molar-refractivity contribution in [3.63, 3.8) is 0 Å². The second kappa shape index (κ2) is 8.89. The van der Waals surface area contributed by atoms with Crippen molar-refractivity contribution < 1.29 is 0 Å². The fourth-order valence-corrected chi connectivity index (χ4v) is 3.00. The largest absolute Gasteiger partial charge is 0.317 e. The third kappa shape index (κ3) is 5.25. The number of nitrogens with zero attached hydrogens (tertiary/aromatic N) is 1. The third-order valence-corrected chi connectivity index (χ3v) is 4.32. The van der Waals surface area contributed by atoms with Crippen molar-refractivity contribution >= 4 is 24.0 Å². The number of likely N-dealkylation sites (tertiary alicyclic amines) is 1. The highest BCUT2D eigenvalue weighted by Gasteiger charge is 2.19. The number of halogens is 2. The molecule has 1 aliphatic rings. The van der Waals surface area contributed by atoms with Gasteiger partial charge in [0.15, 0.2) is 0 Å². The molecule has 1 heterocycles. The molecule has 1 aromatic carbocycles. The predicted octanol–water partition coefficient (Wildman–Crippen LogP) is 3.89. The van der Waals surface area contributed by atoms with Gasteiger partial charge in [-0.25, -0.2) is 0 Å². The zero-order chi connectivity index (χ0) is 13.7. The van der Waals surface area contributed by atoms with Crippen LogP contribution in [-0.2, 0) is 6.54 Å². The van der Waals surface area contributed by atoms with Crippen LogP contribution in [0.4, 0.5) is 0 Å². The van der Waals surface area contributed by atoms with E-state index in [9.17, 15) is 0 Å². The predicted molar refractivity (Wildman–Crippen MR) is 90.0 cm³/mol. The van der Waals surface area contributed by atoms with E-state index in [2.05, 4.69) is 36.2 Å². The summed E-state index contributed by atoms with van der Waals surface area (Å²) >= 11 is 6.01. The maximum atomic E-state index is 6.01. The molecule has 1 aromatic rings. The van der Waals surface area contributed by atoms with Gasteiger partial charge in [0.25, 0.3) is 0 Å². The Morgan fingerprint density at radius 1 is 1.30 bits per heavy atom. The second-order valence-electron chi connectivity index (χ2n) is 5.60. The zero-order valence-electron chi connectivity index (χ0n) is 12.5. The van der Waals surface area contributed by atoms with Gasteiger partial charge in [0.2, 0.25) is 0 Å². The van der Waals surface area contributed by atoms with Crippen LogP contribution in [0.2, 0.25) is 5.02 Å². The maximum Gasteiger partial charge on any atom is 0.0408 e. The van der Waals surface area contributed by atoms with E-state index in [0.717, 1.165) is 24.0 Å². The van der Waals surface area contributed by atoms with E-state index in [4.69, 9.17) is 11.6 Å². The Morgan fingerprint density at radius 2 is 2.00 bits per heavy atom. The molecule has 0 aliphatic carbocycles. The van der Waals surface area contributed by atoms with Gasteiger partial charge >= 0.3 is 0 Å². The first-order valence-electron chi connectivity index (χ1n) is 7.37. The Labute approximate surface area is 134 Å². The summed E-state index contributed by atoms with van der Waals surface area (Å²) in [6.45, 7) is 10.1. The smallest absolute Gasteiger partial charge is 0.0408 e. The molecule has 2 rings (SSSR count). The van der Waals surface area contributed by atoms with Crippen LogP contribution in [0.15, 0.2) is 18.2 Å². The molecule has 2 nitrogen and oxygen atoms in total. The van der Waals surface area contributed by atoms with Crippen molar-refractivity contribution in [1.29, 1.82) is 0 Å². The quantitative estimate of drug-likeness (QED) is 0.886. The summed E-state index contributed by atoms with van der Waals surface area (Å²) in [6, 6.07) is 6.24. The summed E-state index contributed by atoms with van der Waals surface area (Å²) in [6.07, 6.45) is 2.64. The topological polar surface area (TPSA) is 15.3 Å². The summed E-state index contributed by atoms with van der Waals surface area (Å²) in [4.78, 5) is 2.57. The summed E-state index contributed by atoms with van der Waals surface area (Å²) < 4.78 is 0. The molecule has 0 radical (unpaired) electrons. The molecule has 114 valence electrons. The first-order chi connectivity index (χ1) is 9.19. The molecule has 0 bridgehead atoms. The third-order valence-electron chi connectivity index (χ3n) is 4.09. The van der Waals surface area contributed by atoms with Crippen molar-refractivity contribution in [3.05, 3.63) is 34.3 Å². The van der Waals surface area contributed by atoms with E-state index in [1.54, 1.807) is 0 Å². The minimum Gasteiger partial charge on any atom is -0.317 e. The average Bonchev–Trinajstić information content (AvgIpc) is 2.41. The van der Waals surface area contributed by atoms with Crippen LogP contribution in [0.1, 0.15) is 30.9 Å². The van der Waals surface area contributed by atoms with Crippen molar-refractivity contribution in [2.75, 3.05) is 26.2 Å². The van der Waals surface area contributed by atoms with E-state index in [0.29, 0.717) is 0 Å². The van der Waals surface area contributed by atoms with Gasteiger partial charge in [0.1, 0.15) is 0 Å². The number of piperidine rings is 1. The zero-order valence-corrected chi connectivity index (χ0v) is 14.1. The molecule has 0 unspecified atom stereocenters. The number of rotatable bonds is 5. The van der Waals surface area contributed by atoms with E-state index in [1.807, 2.05) is 6.07 Å². The summed E-state index contributed by atoms with van der Waals surface area (Å²) in [5.41, 5.74) is 2.72. The Kier molecular flexibility index (Phi) is 7.90. The van der Waals surface area contributed by atoms with E-state index < -0.39 is 0 Å². The number of hydrogen-bond acceptors (Lipinski definition) is 2. The lowest BCUT2D eigenvalue weighted by molar-refractivity contribution is 0.175. The van der Waals surface area contributed by atoms with Crippen LogP contribution < -0.4 is 5.32 Å². The van der Waals surface area contributed by atoms with Crippen molar-refractivity contribution in [3.8, 4) is 0 Å². The lowest BCUT2D eigenvalue weighted by Gasteiger charge is -2.32. The van der Waals surface area contributed by atoms with Crippen molar-refractivity contribution in [2.45, 2.75) is 33.2 Å². The molecule has 4 heteroatoms. The monoisotopic (exact) mass is 316 g/mol. The summed E-state index contributed by atoms with van der Waals surface area (Å²) in [5.74, 6) is 0.863. The fraction of sp³-hybridized carbons (Fsp3) is 0.625. The first kappa shape index (κ1) is 17.8. The Bertz CT molecular complexity index is 401. The molecule has 0 saturated carbocycles. The minimum absolute atomic E-state index is 0. The van der Waals surface area contributed by atoms with Crippen LogP contribution in [0.5, 0.6) is 0 Å². The van der Waals surface area contributed by atoms with Gasteiger partial charge in [-0.1, -0.05) is 24.6 Å². The van der Waals surface area contributed by atoms with Gasteiger partial charge in [0.05, 0.1) is 0 Å². The number of nitrogens with one attached hydrogen (secondary N) is 1.